The first-order valence-electron chi connectivity index (χ1n) is 13.7. The van der Waals surface area contributed by atoms with E-state index < -0.39 is 6.04 Å². The van der Waals surface area contributed by atoms with Crippen LogP contribution in [0.3, 0.4) is 0 Å². The second kappa shape index (κ2) is 10.8. The van der Waals surface area contributed by atoms with Crippen molar-refractivity contribution in [2.75, 3.05) is 44.8 Å². The van der Waals surface area contributed by atoms with Crippen LogP contribution in [-0.4, -0.2) is 76.1 Å². The molecule has 0 unspecified atom stereocenters. The van der Waals surface area contributed by atoms with Gasteiger partial charge >= 0.3 is 0 Å². The van der Waals surface area contributed by atoms with Crippen LogP contribution < -0.4 is 15.2 Å². The minimum atomic E-state index is -0.393. The normalized spacial score (nSPS) is 19.1. The Bertz CT molecular complexity index is 1520. The lowest BCUT2D eigenvalue weighted by Gasteiger charge is -2.40. The molecule has 39 heavy (non-hydrogen) atoms. The number of hydrogen-bond donors (Lipinski definition) is 1. The second-order valence-electron chi connectivity index (χ2n) is 10.5. The van der Waals surface area contributed by atoms with Gasteiger partial charge in [0.15, 0.2) is 5.82 Å². The Kier molecular flexibility index (Phi) is 7.05. The number of ether oxygens (including phenoxy) is 2. The third kappa shape index (κ3) is 4.90. The Morgan fingerprint density at radius 1 is 1.13 bits per heavy atom. The summed E-state index contributed by atoms with van der Waals surface area (Å²) >= 11 is 0. The Morgan fingerprint density at radius 2 is 1.95 bits per heavy atom. The molecule has 6 rings (SSSR count). The van der Waals surface area contributed by atoms with Gasteiger partial charge in [0.25, 0.3) is 5.56 Å². The van der Waals surface area contributed by atoms with Crippen LogP contribution in [0.1, 0.15) is 41.4 Å². The third-order valence-electron chi connectivity index (χ3n) is 8.18. The predicted molar refractivity (Wildman–Crippen MR) is 149 cm³/mol. The van der Waals surface area contributed by atoms with Gasteiger partial charge < -0.3 is 19.4 Å². The molecule has 2 aliphatic rings. The molecule has 0 aliphatic carbocycles. The summed E-state index contributed by atoms with van der Waals surface area (Å²) in [4.78, 5) is 21.5. The van der Waals surface area contributed by atoms with E-state index in [-0.39, 0.29) is 11.7 Å². The topological polar surface area (TPSA) is 101 Å². The fraction of sp³-hybridized carbons (Fsp3) is 0.448. The Balaban J connectivity index is 1.37. The quantitative estimate of drug-likeness (QED) is 0.390. The highest BCUT2D eigenvalue weighted by molar-refractivity contribution is 5.83. The number of tetrazole rings is 1. The first kappa shape index (κ1) is 25.5. The first-order valence-corrected chi connectivity index (χ1v) is 13.7. The molecule has 2 fully saturated rings. The smallest absolute Gasteiger partial charge is 0.253 e. The predicted octanol–water partition coefficient (Wildman–Crippen LogP) is 3.23. The summed E-state index contributed by atoms with van der Waals surface area (Å²) in [5.41, 5.74) is 4.73. The van der Waals surface area contributed by atoms with Crippen molar-refractivity contribution < 1.29 is 9.47 Å². The maximum Gasteiger partial charge on any atom is 0.253 e. The molecule has 2 aromatic heterocycles. The van der Waals surface area contributed by atoms with Crippen molar-refractivity contribution in [3.8, 4) is 5.75 Å². The van der Waals surface area contributed by atoms with E-state index in [0.717, 1.165) is 79.1 Å². The van der Waals surface area contributed by atoms with E-state index in [2.05, 4.69) is 55.4 Å². The lowest BCUT2D eigenvalue weighted by atomic mass is 9.99. The average Bonchev–Trinajstić information content (AvgIpc) is 3.65. The molecule has 0 spiro atoms. The summed E-state index contributed by atoms with van der Waals surface area (Å²) < 4.78 is 13.3. The summed E-state index contributed by atoms with van der Waals surface area (Å²) in [6.45, 7) is 8.49. The molecule has 1 N–H and O–H groups in total. The van der Waals surface area contributed by atoms with Gasteiger partial charge in [-0.25, -0.2) is 4.68 Å². The van der Waals surface area contributed by atoms with Crippen LogP contribution in [0.4, 0.5) is 5.69 Å². The number of hydrogen-bond acceptors (Lipinski definition) is 8. The van der Waals surface area contributed by atoms with E-state index in [1.807, 2.05) is 35.9 Å². The second-order valence-corrected chi connectivity index (χ2v) is 10.5. The zero-order chi connectivity index (χ0) is 26.9. The Labute approximate surface area is 227 Å². The van der Waals surface area contributed by atoms with E-state index in [9.17, 15) is 4.79 Å². The molecule has 0 saturated carbocycles. The third-order valence-corrected chi connectivity index (χ3v) is 8.18. The zero-order valence-corrected chi connectivity index (χ0v) is 22.8. The fourth-order valence-electron chi connectivity index (χ4n) is 5.87. The zero-order valence-electron chi connectivity index (χ0n) is 22.8. The van der Waals surface area contributed by atoms with Crippen LogP contribution in [0.5, 0.6) is 5.75 Å². The van der Waals surface area contributed by atoms with Gasteiger partial charge in [-0.1, -0.05) is 24.3 Å². The number of fused-ring (bicyclic) bond motifs is 1. The number of aromatic nitrogens is 5. The summed E-state index contributed by atoms with van der Waals surface area (Å²) in [6.07, 6.45) is 2.10. The minimum Gasteiger partial charge on any atom is -0.495 e. The van der Waals surface area contributed by atoms with Gasteiger partial charge in [0.2, 0.25) is 0 Å². The molecule has 10 nitrogen and oxygen atoms in total. The van der Waals surface area contributed by atoms with Gasteiger partial charge in [0.05, 0.1) is 31.0 Å². The van der Waals surface area contributed by atoms with Crippen molar-refractivity contribution in [2.45, 2.75) is 45.4 Å². The number of benzene rings is 2. The average molecular weight is 530 g/mol. The Morgan fingerprint density at radius 3 is 2.72 bits per heavy atom. The number of nitrogens with one attached hydrogen (secondary N) is 1. The summed E-state index contributed by atoms with van der Waals surface area (Å²) in [5, 5.41) is 13.9. The number of para-hydroxylation sites is 2. The Hall–Kier alpha value is -3.76. The molecule has 10 heteroatoms. The molecule has 0 bridgehead atoms. The number of aryl methyl sites for hydroxylation is 2. The van der Waals surface area contributed by atoms with Crippen molar-refractivity contribution in [1.82, 2.24) is 30.1 Å². The molecule has 0 amide bonds. The number of piperazine rings is 1. The molecule has 204 valence electrons. The SMILES string of the molecule is COc1ccccc1N1CCN([C@H](c2cc3ccc(C)c(C)c3[nH]c2=O)c2nnnn2C[C@H]2CCCO2)CC1. The van der Waals surface area contributed by atoms with Crippen LogP contribution in [0.25, 0.3) is 10.9 Å². The summed E-state index contributed by atoms with van der Waals surface area (Å²) in [7, 11) is 1.70. The van der Waals surface area contributed by atoms with Crippen molar-refractivity contribution in [1.29, 1.82) is 0 Å². The van der Waals surface area contributed by atoms with Gasteiger partial charge in [0.1, 0.15) is 11.8 Å². The van der Waals surface area contributed by atoms with E-state index in [0.29, 0.717) is 17.9 Å². The molecule has 4 aromatic rings. The molecule has 2 atom stereocenters. The number of aromatic amines is 1. The van der Waals surface area contributed by atoms with E-state index in [4.69, 9.17) is 9.47 Å². The molecule has 0 radical (unpaired) electrons. The number of anilines is 1. The molecule has 4 heterocycles. The van der Waals surface area contributed by atoms with Crippen LogP contribution in [0.15, 0.2) is 47.3 Å². The van der Waals surface area contributed by atoms with Gasteiger partial charge in [-0.05, 0) is 71.8 Å². The largest absolute Gasteiger partial charge is 0.495 e. The number of nitrogens with zero attached hydrogens (tertiary/aromatic N) is 6. The van der Waals surface area contributed by atoms with Crippen molar-refractivity contribution in [3.05, 3.63) is 75.3 Å². The standard InChI is InChI=1S/C29H35N7O3/c1-19-10-11-21-17-23(29(37)30-26(21)20(19)2)27(28-31-32-33-36(28)18-22-7-6-16-39-22)35-14-12-34(13-15-35)24-8-4-5-9-25(24)38-3/h4-5,8-11,17,22,27H,6-7,12-16,18H2,1-3H3,(H,30,37)/t22-,27-/m1/s1. The lowest BCUT2D eigenvalue weighted by Crippen LogP contribution is -2.49. The molecular formula is C29H35N7O3. The number of rotatable bonds is 7. The van der Waals surface area contributed by atoms with Crippen molar-refractivity contribution >= 4 is 16.6 Å². The first-order chi connectivity index (χ1) is 19.0. The maximum absolute atomic E-state index is 13.7. The van der Waals surface area contributed by atoms with Crippen molar-refractivity contribution in [2.24, 2.45) is 0 Å². The summed E-state index contributed by atoms with van der Waals surface area (Å²) in [5.74, 6) is 1.53. The van der Waals surface area contributed by atoms with Gasteiger partial charge in [-0.2, -0.15) is 0 Å². The highest BCUT2D eigenvalue weighted by atomic mass is 16.5. The van der Waals surface area contributed by atoms with E-state index >= 15 is 0 Å². The van der Waals surface area contributed by atoms with Crippen LogP contribution in [0.2, 0.25) is 0 Å². The van der Waals surface area contributed by atoms with E-state index in [1.54, 1.807) is 7.11 Å². The van der Waals surface area contributed by atoms with Crippen molar-refractivity contribution in [3.63, 3.8) is 0 Å². The number of methoxy groups -OCH3 is 1. The molecule has 2 aromatic carbocycles. The number of pyridine rings is 1. The van der Waals surface area contributed by atoms with Crippen LogP contribution in [-0.2, 0) is 11.3 Å². The molecular weight excluding hydrogens is 494 g/mol. The lowest BCUT2D eigenvalue weighted by molar-refractivity contribution is 0.0906. The van der Waals surface area contributed by atoms with Gasteiger partial charge in [-0.3, -0.25) is 9.69 Å². The van der Waals surface area contributed by atoms with Gasteiger partial charge in [0, 0.05) is 38.3 Å². The maximum atomic E-state index is 13.7. The fourth-order valence-corrected chi connectivity index (χ4v) is 5.87. The van der Waals surface area contributed by atoms with Gasteiger partial charge in [-0.15, -0.1) is 5.10 Å². The molecule has 2 saturated heterocycles. The minimum absolute atomic E-state index is 0.0794. The summed E-state index contributed by atoms with van der Waals surface area (Å²) in [6, 6.07) is 13.9. The highest BCUT2D eigenvalue weighted by Gasteiger charge is 2.34. The monoisotopic (exact) mass is 529 g/mol. The van der Waals surface area contributed by atoms with Crippen LogP contribution in [0, 0.1) is 13.8 Å². The number of H-pyrrole nitrogens is 1. The van der Waals surface area contributed by atoms with Crippen LogP contribution >= 0.6 is 0 Å². The highest BCUT2D eigenvalue weighted by Crippen LogP contribution is 2.32. The molecule has 2 aliphatic heterocycles. The van der Waals surface area contributed by atoms with E-state index in [1.165, 1.54) is 0 Å².